The Morgan fingerprint density at radius 3 is 2.42 bits per heavy atom. The summed E-state index contributed by atoms with van der Waals surface area (Å²) in [6, 6.07) is 9.88. The maximum Gasteiger partial charge on any atom is 0.411 e. The fourth-order valence-electron chi connectivity index (χ4n) is 3.15. The zero-order valence-corrected chi connectivity index (χ0v) is 19.8. The summed E-state index contributed by atoms with van der Waals surface area (Å²) in [6.07, 6.45) is 0.716. The number of benzene rings is 2. The van der Waals surface area contributed by atoms with Crippen LogP contribution in [0, 0.1) is 0 Å². The van der Waals surface area contributed by atoms with Gasteiger partial charge in [-0.1, -0.05) is 23.2 Å². The lowest BCUT2D eigenvalue weighted by atomic mass is 10.0. The SMILES string of the molecule is CCOC(=O)Nc1ccc(Cl)cc1/C=C1\CCC(=O)CN(S(=O)(=O)c2ccc(Cl)cc2)C1=O. The van der Waals surface area contributed by atoms with Gasteiger partial charge in [-0.15, -0.1) is 0 Å². The van der Waals surface area contributed by atoms with Crippen LogP contribution in [0.15, 0.2) is 52.9 Å². The number of ether oxygens (including phenoxy) is 1. The maximum absolute atomic E-state index is 13.3. The summed E-state index contributed by atoms with van der Waals surface area (Å²) in [7, 11) is -4.31. The van der Waals surface area contributed by atoms with Crippen LogP contribution in [-0.2, 0) is 24.3 Å². The minimum atomic E-state index is -4.31. The predicted octanol–water partition coefficient (Wildman–Crippen LogP) is 4.53. The van der Waals surface area contributed by atoms with Gasteiger partial charge in [0.25, 0.3) is 15.9 Å². The first-order chi connectivity index (χ1) is 15.6. The number of carbonyl (C=O) groups is 3. The highest BCUT2D eigenvalue weighted by molar-refractivity contribution is 7.89. The second kappa shape index (κ2) is 10.4. The van der Waals surface area contributed by atoms with E-state index in [1.807, 2.05) is 0 Å². The molecule has 1 fully saturated rings. The Morgan fingerprint density at radius 1 is 1.09 bits per heavy atom. The molecule has 1 saturated heterocycles. The molecule has 2 aromatic carbocycles. The van der Waals surface area contributed by atoms with Crippen molar-refractivity contribution >= 4 is 62.8 Å². The summed E-state index contributed by atoms with van der Waals surface area (Å²) >= 11 is 11.9. The molecular weight excluding hydrogens is 491 g/mol. The van der Waals surface area contributed by atoms with E-state index in [0.29, 0.717) is 25.6 Å². The van der Waals surface area contributed by atoms with Gasteiger partial charge in [0.05, 0.1) is 23.7 Å². The summed E-state index contributed by atoms with van der Waals surface area (Å²) in [5.41, 5.74) is 0.741. The molecule has 1 aliphatic rings. The van der Waals surface area contributed by atoms with E-state index in [-0.39, 0.29) is 29.9 Å². The molecule has 0 aliphatic carbocycles. The summed E-state index contributed by atoms with van der Waals surface area (Å²) in [5.74, 6) is -1.24. The Balaban J connectivity index is 2.02. The third kappa shape index (κ3) is 5.93. The van der Waals surface area contributed by atoms with Crippen molar-refractivity contribution in [2.45, 2.75) is 24.7 Å². The van der Waals surface area contributed by atoms with Crippen LogP contribution in [0.3, 0.4) is 0 Å². The van der Waals surface area contributed by atoms with E-state index in [2.05, 4.69) is 5.32 Å². The number of anilines is 1. The Labute approximate surface area is 201 Å². The van der Waals surface area contributed by atoms with E-state index in [0.717, 1.165) is 0 Å². The minimum absolute atomic E-state index is 0.0224. The molecule has 174 valence electrons. The van der Waals surface area contributed by atoms with Gasteiger partial charge in [-0.3, -0.25) is 14.9 Å². The molecule has 1 N–H and O–H groups in total. The number of halogens is 2. The molecule has 0 bridgehead atoms. The average Bonchev–Trinajstić information content (AvgIpc) is 2.90. The number of hydrogen-bond acceptors (Lipinski definition) is 6. The number of hydrogen-bond donors (Lipinski definition) is 1. The number of Topliss-reactive ketones (excluding diaryl/α,β-unsaturated/α-hetero) is 1. The van der Waals surface area contributed by atoms with E-state index < -0.39 is 34.4 Å². The van der Waals surface area contributed by atoms with E-state index in [9.17, 15) is 22.8 Å². The lowest BCUT2D eigenvalue weighted by molar-refractivity contribution is -0.126. The number of rotatable bonds is 5. The third-order valence-corrected chi connectivity index (χ3v) is 6.98. The van der Waals surface area contributed by atoms with Gasteiger partial charge in [0.15, 0.2) is 5.78 Å². The predicted molar refractivity (Wildman–Crippen MR) is 125 cm³/mol. The smallest absolute Gasteiger partial charge is 0.411 e. The fraction of sp³-hybridized carbons (Fsp3) is 0.227. The highest BCUT2D eigenvalue weighted by atomic mass is 35.5. The number of nitrogens with zero attached hydrogens (tertiary/aromatic N) is 1. The van der Waals surface area contributed by atoms with E-state index in [4.69, 9.17) is 27.9 Å². The quantitative estimate of drug-likeness (QED) is 0.591. The zero-order valence-electron chi connectivity index (χ0n) is 17.5. The van der Waals surface area contributed by atoms with Crippen LogP contribution >= 0.6 is 23.2 Å². The topological polar surface area (TPSA) is 110 Å². The number of carbonyl (C=O) groups excluding carboxylic acids is 3. The van der Waals surface area contributed by atoms with Gasteiger partial charge >= 0.3 is 6.09 Å². The van der Waals surface area contributed by atoms with Crippen molar-refractivity contribution in [2.24, 2.45) is 0 Å². The van der Waals surface area contributed by atoms with Crippen molar-refractivity contribution in [2.75, 3.05) is 18.5 Å². The normalized spacial score (nSPS) is 16.0. The van der Waals surface area contributed by atoms with Crippen molar-refractivity contribution in [3.05, 3.63) is 63.6 Å². The largest absolute Gasteiger partial charge is 0.450 e. The van der Waals surface area contributed by atoms with Crippen LogP contribution in [0.5, 0.6) is 0 Å². The van der Waals surface area contributed by atoms with Gasteiger partial charge in [-0.05, 0) is 61.9 Å². The molecule has 11 heteroatoms. The first-order valence-electron chi connectivity index (χ1n) is 9.90. The summed E-state index contributed by atoms with van der Waals surface area (Å²) in [5, 5.41) is 3.21. The van der Waals surface area contributed by atoms with E-state index >= 15 is 0 Å². The molecule has 2 amide bonds. The van der Waals surface area contributed by atoms with Gasteiger partial charge < -0.3 is 4.74 Å². The molecule has 0 radical (unpaired) electrons. The monoisotopic (exact) mass is 510 g/mol. The first kappa shape index (κ1) is 24.8. The van der Waals surface area contributed by atoms with Crippen LogP contribution in [0.4, 0.5) is 10.5 Å². The Morgan fingerprint density at radius 2 is 1.76 bits per heavy atom. The van der Waals surface area contributed by atoms with Crippen LogP contribution in [0.2, 0.25) is 10.0 Å². The molecule has 8 nitrogen and oxygen atoms in total. The molecule has 0 spiro atoms. The summed E-state index contributed by atoms with van der Waals surface area (Å²) in [4.78, 5) is 37.3. The maximum atomic E-state index is 13.3. The highest BCUT2D eigenvalue weighted by Gasteiger charge is 2.35. The molecule has 3 rings (SSSR count). The van der Waals surface area contributed by atoms with Crippen LogP contribution < -0.4 is 5.32 Å². The Hall–Kier alpha value is -2.88. The summed E-state index contributed by atoms with van der Waals surface area (Å²) < 4.78 is 31.7. The molecule has 0 aromatic heterocycles. The van der Waals surface area contributed by atoms with Gasteiger partial charge in [0, 0.05) is 27.6 Å². The molecular formula is C22H20Cl2N2O6S. The molecule has 2 aromatic rings. The molecule has 1 heterocycles. The van der Waals surface area contributed by atoms with Crippen molar-refractivity contribution in [3.63, 3.8) is 0 Å². The fourth-order valence-corrected chi connectivity index (χ4v) is 4.84. The van der Waals surface area contributed by atoms with Gasteiger partial charge in [-0.25, -0.2) is 17.5 Å². The molecule has 1 aliphatic heterocycles. The van der Waals surface area contributed by atoms with Crippen LogP contribution in [0.25, 0.3) is 6.08 Å². The van der Waals surface area contributed by atoms with Gasteiger partial charge in [-0.2, -0.15) is 0 Å². The number of amides is 2. The first-order valence-corrected chi connectivity index (χ1v) is 12.1. The average molecular weight is 511 g/mol. The number of nitrogens with one attached hydrogen (secondary N) is 1. The lowest BCUT2D eigenvalue weighted by Gasteiger charge is -2.21. The molecule has 0 saturated carbocycles. The third-order valence-electron chi connectivity index (χ3n) is 4.75. The van der Waals surface area contributed by atoms with E-state index in [1.165, 1.54) is 42.5 Å². The second-order valence-corrected chi connectivity index (χ2v) is 9.79. The van der Waals surface area contributed by atoms with Crippen molar-refractivity contribution in [3.8, 4) is 0 Å². The minimum Gasteiger partial charge on any atom is -0.450 e. The Bertz CT molecular complexity index is 1230. The van der Waals surface area contributed by atoms with Crippen molar-refractivity contribution < 1.29 is 27.5 Å². The standard InChI is InChI=1S/C22H20Cl2N2O6S/c1-2-32-22(29)25-20-10-6-17(24)12-15(20)11-14-3-7-18(27)13-26(21(14)28)33(30,31)19-8-4-16(23)5-9-19/h4-6,8-12H,2-3,7,13H2,1H3,(H,25,29)/b14-11+. The van der Waals surface area contributed by atoms with Gasteiger partial charge in [0.2, 0.25) is 0 Å². The molecule has 0 atom stereocenters. The highest BCUT2D eigenvalue weighted by Crippen LogP contribution is 2.28. The van der Waals surface area contributed by atoms with Crippen LogP contribution in [-0.4, -0.2) is 43.7 Å². The number of ketones is 1. The van der Waals surface area contributed by atoms with E-state index in [1.54, 1.807) is 13.0 Å². The second-order valence-electron chi connectivity index (χ2n) is 7.06. The molecule has 33 heavy (non-hydrogen) atoms. The van der Waals surface area contributed by atoms with Crippen molar-refractivity contribution in [1.82, 2.24) is 4.31 Å². The molecule has 0 unspecified atom stereocenters. The number of sulfonamides is 1. The lowest BCUT2D eigenvalue weighted by Crippen LogP contribution is -2.39. The zero-order chi connectivity index (χ0) is 24.2. The van der Waals surface area contributed by atoms with Crippen molar-refractivity contribution in [1.29, 1.82) is 0 Å². The Kier molecular flexibility index (Phi) is 7.78. The summed E-state index contributed by atoms with van der Waals surface area (Å²) in [6.45, 7) is 1.24. The van der Waals surface area contributed by atoms with Crippen LogP contribution in [0.1, 0.15) is 25.3 Å². The van der Waals surface area contributed by atoms with Gasteiger partial charge in [0.1, 0.15) is 0 Å².